The van der Waals surface area contributed by atoms with Crippen LogP contribution < -0.4 is 0 Å². The van der Waals surface area contributed by atoms with Gasteiger partial charge >= 0.3 is 0 Å². The Labute approximate surface area is 94.7 Å². The highest BCUT2D eigenvalue weighted by Gasteiger charge is 2.26. The number of ether oxygens (including phenoxy) is 1. The first kappa shape index (κ1) is 14.6. The standard InChI is InChI=1S/C12H24O2Si/c1-6-7-8-9-12(15(3,4)5)11(10-13)14-2/h9-11H,6-8H2,1-5H3/t11-/m0/s1. The summed E-state index contributed by atoms with van der Waals surface area (Å²) < 4.78 is 5.22. The fourth-order valence-corrected chi connectivity index (χ4v) is 3.36. The fourth-order valence-electron chi connectivity index (χ4n) is 1.57. The number of methoxy groups -OCH3 is 1. The van der Waals surface area contributed by atoms with Crippen molar-refractivity contribution >= 4 is 14.4 Å². The summed E-state index contributed by atoms with van der Waals surface area (Å²) in [6.45, 7) is 8.93. The van der Waals surface area contributed by atoms with E-state index in [-0.39, 0.29) is 6.10 Å². The van der Waals surface area contributed by atoms with Crippen LogP contribution in [0, 0.1) is 0 Å². The minimum Gasteiger partial charge on any atom is -0.370 e. The van der Waals surface area contributed by atoms with Crippen LogP contribution in [0.15, 0.2) is 11.3 Å². The number of carbonyl (C=O) groups excluding carboxylic acids is 1. The summed E-state index contributed by atoms with van der Waals surface area (Å²) in [6, 6.07) is 0. The summed E-state index contributed by atoms with van der Waals surface area (Å²) in [5.74, 6) is 0. The molecule has 0 heterocycles. The Balaban J connectivity index is 4.71. The number of unbranched alkanes of at least 4 members (excludes halogenated alkanes) is 2. The number of hydrogen-bond acceptors (Lipinski definition) is 2. The third-order valence-electron chi connectivity index (χ3n) is 2.47. The SMILES string of the molecule is CCCCC=C([C@H](C=O)OC)[Si](C)(C)C. The Kier molecular flexibility index (Phi) is 6.77. The average molecular weight is 228 g/mol. The molecule has 0 fully saturated rings. The number of hydrogen-bond donors (Lipinski definition) is 0. The van der Waals surface area contributed by atoms with Crippen LogP contribution in [0.4, 0.5) is 0 Å². The maximum Gasteiger partial charge on any atom is 0.152 e. The van der Waals surface area contributed by atoms with Gasteiger partial charge in [-0.05, 0) is 6.42 Å². The van der Waals surface area contributed by atoms with Crippen molar-refractivity contribution < 1.29 is 9.53 Å². The zero-order valence-electron chi connectivity index (χ0n) is 10.7. The van der Waals surface area contributed by atoms with E-state index in [4.69, 9.17) is 4.74 Å². The molecule has 0 N–H and O–H groups in total. The van der Waals surface area contributed by atoms with E-state index in [1.807, 2.05) is 0 Å². The molecule has 15 heavy (non-hydrogen) atoms. The van der Waals surface area contributed by atoms with Gasteiger partial charge in [-0.3, -0.25) is 0 Å². The van der Waals surface area contributed by atoms with Crippen LogP contribution in [-0.2, 0) is 9.53 Å². The van der Waals surface area contributed by atoms with Gasteiger partial charge in [-0.15, -0.1) is 0 Å². The summed E-state index contributed by atoms with van der Waals surface area (Å²) >= 11 is 0. The van der Waals surface area contributed by atoms with Crippen LogP contribution in [0.1, 0.15) is 26.2 Å². The predicted molar refractivity (Wildman–Crippen MR) is 67.8 cm³/mol. The lowest BCUT2D eigenvalue weighted by molar-refractivity contribution is -0.114. The van der Waals surface area contributed by atoms with Crippen molar-refractivity contribution in [1.29, 1.82) is 0 Å². The molecule has 0 aliphatic carbocycles. The van der Waals surface area contributed by atoms with Crippen LogP contribution in [0.5, 0.6) is 0 Å². The normalized spacial score (nSPS) is 15.1. The number of allylic oxidation sites excluding steroid dienone is 1. The highest BCUT2D eigenvalue weighted by Crippen LogP contribution is 2.20. The Bertz CT molecular complexity index is 216. The first-order valence-electron chi connectivity index (χ1n) is 5.66. The van der Waals surface area contributed by atoms with Crippen LogP contribution >= 0.6 is 0 Å². The maximum absolute atomic E-state index is 10.9. The van der Waals surface area contributed by atoms with Crippen LogP contribution in [0.2, 0.25) is 19.6 Å². The van der Waals surface area contributed by atoms with Crippen LogP contribution in [0.3, 0.4) is 0 Å². The largest absolute Gasteiger partial charge is 0.370 e. The first-order chi connectivity index (χ1) is 6.97. The molecule has 0 aromatic heterocycles. The Morgan fingerprint density at radius 1 is 1.40 bits per heavy atom. The van der Waals surface area contributed by atoms with Gasteiger partial charge in [0.05, 0.1) is 8.07 Å². The first-order valence-corrected chi connectivity index (χ1v) is 9.16. The second-order valence-corrected chi connectivity index (χ2v) is 9.92. The molecule has 0 radical (unpaired) electrons. The lowest BCUT2D eigenvalue weighted by Gasteiger charge is -2.25. The second-order valence-electron chi connectivity index (χ2n) is 4.84. The molecule has 2 nitrogen and oxygen atoms in total. The lowest BCUT2D eigenvalue weighted by atomic mass is 10.2. The average Bonchev–Trinajstić information content (AvgIpc) is 2.16. The summed E-state index contributed by atoms with van der Waals surface area (Å²) in [5.41, 5.74) is 0. The third kappa shape index (κ3) is 5.28. The van der Waals surface area contributed by atoms with E-state index in [0.29, 0.717) is 0 Å². The third-order valence-corrected chi connectivity index (χ3v) is 4.69. The second kappa shape index (κ2) is 6.96. The number of aldehydes is 1. The summed E-state index contributed by atoms with van der Waals surface area (Å²) in [7, 11) is 0.167. The zero-order valence-corrected chi connectivity index (χ0v) is 11.7. The maximum atomic E-state index is 10.9. The number of rotatable bonds is 7. The highest BCUT2D eigenvalue weighted by atomic mass is 28.3. The number of carbonyl (C=O) groups is 1. The van der Waals surface area contributed by atoms with E-state index in [1.165, 1.54) is 18.0 Å². The van der Waals surface area contributed by atoms with Gasteiger partial charge in [0, 0.05) is 7.11 Å². The van der Waals surface area contributed by atoms with E-state index in [0.717, 1.165) is 12.7 Å². The van der Waals surface area contributed by atoms with Crippen LogP contribution in [-0.4, -0.2) is 27.6 Å². The molecule has 1 atom stereocenters. The van der Waals surface area contributed by atoms with Gasteiger partial charge in [0.2, 0.25) is 0 Å². The monoisotopic (exact) mass is 228 g/mol. The molecule has 0 bridgehead atoms. The molecule has 88 valence electrons. The topological polar surface area (TPSA) is 26.3 Å². The molecular formula is C12H24O2Si. The summed E-state index contributed by atoms with van der Waals surface area (Å²) in [6.07, 6.45) is 6.24. The minimum absolute atomic E-state index is 0.325. The van der Waals surface area contributed by atoms with Gasteiger partial charge < -0.3 is 9.53 Å². The van der Waals surface area contributed by atoms with Gasteiger partial charge in [0.25, 0.3) is 0 Å². The van der Waals surface area contributed by atoms with Gasteiger partial charge in [-0.2, -0.15) is 0 Å². The van der Waals surface area contributed by atoms with Crippen molar-refractivity contribution in [2.45, 2.75) is 51.9 Å². The molecule has 0 aliphatic rings. The molecule has 0 rings (SSSR count). The molecule has 0 spiro atoms. The highest BCUT2D eigenvalue weighted by molar-refractivity contribution is 6.83. The summed E-state index contributed by atoms with van der Waals surface area (Å²) in [5, 5.41) is 1.23. The lowest BCUT2D eigenvalue weighted by Crippen LogP contribution is -2.34. The zero-order chi connectivity index (χ0) is 11.9. The minimum atomic E-state index is -1.44. The van der Waals surface area contributed by atoms with Crippen LogP contribution in [0.25, 0.3) is 0 Å². The smallest absolute Gasteiger partial charge is 0.152 e. The van der Waals surface area contributed by atoms with Crippen molar-refractivity contribution in [2.75, 3.05) is 7.11 Å². The molecule has 0 aliphatic heterocycles. The fraction of sp³-hybridized carbons (Fsp3) is 0.750. The molecule has 0 aromatic carbocycles. The summed E-state index contributed by atoms with van der Waals surface area (Å²) in [4.78, 5) is 10.9. The van der Waals surface area contributed by atoms with E-state index in [1.54, 1.807) is 7.11 Å². The van der Waals surface area contributed by atoms with Crippen molar-refractivity contribution in [3.05, 3.63) is 11.3 Å². The van der Waals surface area contributed by atoms with Crippen molar-refractivity contribution in [1.82, 2.24) is 0 Å². The molecule has 0 amide bonds. The van der Waals surface area contributed by atoms with E-state index in [2.05, 4.69) is 32.6 Å². The Morgan fingerprint density at radius 2 is 2.00 bits per heavy atom. The van der Waals surface area contributed by atoms with Crippen molar-refractivity contribution in [2.24, 2.45) is 0 Å². The molecule has 0 unspecified atom stereocenters. The Morgan fingerprint density at radius 3 is 2.33 bits per heavy atom. The van der Waals surface area contributed by atoms with E-state index < -0.39 is 8.07 Å². The van der Waals surface area contributed by atoms with E-state index in [9.17, 15) is 4.79 Å². The van der Waals surface area contributed by atoms with Gasteiger partial charge in [-0.25, -0.2) is 0 Å². The van der Waals surface area contributed by atoms with Gasteiger partial charge in [0.1, 0.15) is 6.10 Å². The Hall–Kier alpha value is -0.413. The van der Waals surface area contributed by atoms with E-state index >= 15 is 0 Å². The van der Waals surface area contributed by atoms with Gasteiger partial charge in [-0.1, -0.05) is 50.7 Å². The quantitative estimate of drug-likeness (QED) is 0.380. The molecule has 0 saturated carbocycles. The van der Waals surface area contributed by atoms with Gasteiger partial charge in [0.15, 0.2) is 6.29 Å². The molecule has 3 heteroatoms. The molecular weight excluding hydrogens is 204 g/mol. The van der Waals surface area contributed by atoms with Crippen molar-refractivity contribution in [3.8, 4) is 0 Å². The predicted octanol–water partition coefficient (Wildman–Crippen LogP) is 3.19. The van der Waals surface area contributed by atoms with Crippen molar-refractivity contribution in [3.63, 3.8) is 0 Å². The molecule has 0 saturated heterocycles. The molecule has 0 aromatic rings.